The zero-order valence-corrected chi connectivity index (χ0v) is 17.5. The van der Waals surface area contributed by atoms with Crippen molar-refractivity contribution in [1.82, 2.24) is 25.1 Å². The number of anilines is 1. The highest BCUT2D eigenvalue weighted by molar-refractivity contribution is 7.90. The summed E-state index contributed by atoms with van der Waals surface area (Å²) in [6.07, 6.45) is 0. The molecule has 8 nitrogen and oxygen atoms in total. The van der Waals surface area contributed by atoms with Crippen molar-refractivity contribution in [2.24, 2.45) is 0 Å². The van der Waals surface area contributed by atoms with Gasteiger partial charge >= 0.3 is 0 Å². The topological polar surface area (TPSA) is 84.2 Å². The van der Waals surface area contributed by atoms with Gasteiger partial charge in [-0.2, -0.15) is 0 Å². The number of halogens is 1. The second kappa shape index (κ2) is 8.49. The first-order valence-corrected chi connectivity index (χ1v) is 11.3. The molecule has 3 aromatic rings. The normalized spacial score (nSPS) is 15.5. The maximum Gasteiger partial charge on any atom is 0.198 e. The SMILES string of the molecule is Cc1ccc(S(=O)(=O)Cn2nnnc2CN2CCN(c3ccc(F)cc3)CC2)cc1. The van der Waals surface area contributed by atoms with E-state index in [4.69, 9.17) is 0 Å². The predicted octanol–water partition coefficient (Wildman–Crippen LogP) is 1.87. The molecule has 0 unspecified atom stereocenters. The molecular weight excluding hydrogens is 407 g/mol. The third-order valence-corrected chi connectivity index (χ3v) is 6.78. The van der Waals surface area contributed by atoms with E-state index in [1.54, 1.807) is 36.4 Å². The molecule has 158 valence electrons. The van der Waals surface area contributed by atoms with Crippen molar-refractivity contribution in [2.45, 2.75) is 24.2 Å². The molecule has 0 spiro atoms. The van der Waals surface area contributed by atoms with Gasteiger partial charge in [0.1, 0.15) is 5.82 Å². The molecule has 30 heavy (non-hydrogen) atoms. The number of sulfone groups is 1. The van der Waals surface area contributed by atoms with Gasteiger partial charge in [0.05, 0.1) is 11.4 Å². The van der Waals surface area contributed by atoms with Crippen molar-refractivity contribution < 1.29 is 12.8 Å². The predicted molar refractivity (Wildman–Crippen MR) is 110 cm³/mol. The van der Waals surface area contributed by atoms with Crippen LogP contribution in [-0.4, -0.2) is 59.7 Å². The second-order valence-corrected chi connectivity index (χ2v) is 9.35. The summed E-state index contributed by atoms with van der Waals surface area (Å²) < 4.78 is 39.9. The van der Waals surface area contributed by atoms with Crippen molar-refractivity contribution in [3.63, 3.8) is 0 Å². The Hall–Kier alpha value is -2.85. The Bertz CT molecular complexity index is 1090. The first kappa shape index (κ1) is 20.4. The maximum absolute atomic E-state index is 13.1. The van der Waals surface area contributed by atoms with Crippen LogP contribution in [0.25, 0.3) is 0 Å². The van der Waals surface area contributed by atoms with Gasteiger partial charge in [-0.25, -0.2) is 17.5 Å². The molecule has 0 bridgehead atoms. The average Bonchev–Trinajstić information content (AvgIpc) is 3.15. The molecule has 0 saturated carbocycles. The lowest BCUT2D eigenvalue weighted by atomic mass is 10.2. The molecule has 1 aromatic heterocycles. The Morgan fingerprint density at radius 2 is 1.63 bits per heavy atom. The van der Waals surface area contributed by atoms with Crippen molar-refractivity contribution in [1.29, 1.82) is 0 Å². The number of aromatic nitrogens is 4. The Labute approximate surface area is 174 Å². The van der Waals surface area contributed by atoms with Crippen LogP contribution >= 0.6 is 0 Å². The summed E-state index contributed by atoms with van der Waals surface area (Å²) in [4.78, 5) is 4.63. The number of aryl methyl sites for hydroxylation is 1. The smallest absolute Gasteiger partial charge is 0.198 e. The molecule has 0 N–H and O–H groups in total. The number of piperazine rings is 1. The summed E-state index contributed by atoms with van der Waals surface area (Å²) in [7, 11) is -3.55. The molecule has 0 amide bonds. The number of nitrogens with zero attached hydrogens (tertiary/aromatic N) is 6. The highest BCUT2D eigenvalue weighted by Gasteiger charge is 2.22. The molecule has 10 heteroatoms. The zero-order chi connectivity index (χ0) is 21.1. The van der Waals surface area contributed by atoms with Crippen LogP contribution < -0.4 is 4.90 Å². The van der Waals surface area contributed by atoms with Gasteiger partial charge in [-0.15, -0.1) is 5.10 Å². The molecule has 4 rings (SSSR count). The molecule has 2 aromatic carbocycles. The van der Waals surface area contributed by atoms with Crippen molar-refractivity contribution in [3.05, 3.63) is 65.7 Å². The van der Waals surface area contributed by atoms with Crippen LogP contribution in [0.4, 0.5) is 10.1 Å². The number of rotatable bonds is 6. The van der Waals surface area contributed by atoms with E-state index in [0.29, 0.717) is 12.4 Å². The molecule has 1 aliphatic rings. The van der Waals surface area contributed by atoms with E-state index in [0.717, 1.165) is 37.4 Å². The third-order valence-electron chi connectivity index (χ3n) is 5.21. The van der Waals surface area contributed by atoms with Crippen LogP contribution in [0.3, 0.4) is 0 Å². The Kier molecular flexibility index (Phi) is 5.78. The van der Waals surface area contributed by atoms with E-state index < -0.39 is 9.84 Å². The minimum atomic E-state index is -3.55. The zero-order valence-electron chi connectivity index (χ0n) is 16.6. The van der Waals surface area contributed by atoms with E-state index in [2.05, 4.69) is 25.3 Å². The van der Waals surface area contributed by atoms with Gasteiger partial charge in [0, 0.05) is 31.9 Å². The Balaban J connectivity index is 1.38. The monoisotopic (exact) mass is 430 g/mol. The molecule has 0 radical (unpaired) electrons. The molecule has 1 fully saturated rings. The number of hydrogen-bond donors (Lipinski definition) is 0. The summed E-state index contributed by atoms with van der Waals surface area (Å²) in [6, 6.07) is 13.2. The molecule has 1 aliphatic heterocycles. The minimum Gasteiger partial charge on any atom is -0.369 e. The van der Waals surface area contributed by atoms with E-state index in [-0.39, 0.29) is 16.6 Å². The van der Waals surface area contributed by atoms with Crippen molar-refractivity contribution in [2.75, 3.05) is 31.1 Å². The highest BCUT2D eigenvalue weighted by atomic mass is 32.2. The lowest BCUT2D eigenvalue weighted by Gasteiger charge is -2.35. The Morgan fingerprint density at radius 1 is 0.967 bits per heavy atom. The van der Waals surface area contributed by atoms with E-state index in [1.807, 2.05) is 6.92 Å². The van der Waals surface area contributed by atoms with Crippen molar-refractivity contribution >= 4 is 15.5 Å². The van der Waals surface area contributed by atoms with Crippen LogP contribution in [0, 0.1) is 12.7 Å². The first-order valence-electron chi connectivity index (χ1n) is 9.68. The van der Waals surface area contributed by atoms with Crippen LogP contribution in [0.1, 0.15) is 11.4 Å². The van der Waals surface area contributed by atoms with Crippen LogP contribution in [0.15, 0.2) is 53.4 Å². The largest absolute Gasteiger partial charge is 0.369 e. The lowest BCUT2D eigenvalue weighted by molar-refractivity contribution is 0.240. The standard InChI is InChI=1S/C20H23FN6O2S/c1-16-2-8-19(9-3-16)30(28,29)15-27-20(22-23-24-27)14-25-10-12-26(13-11-25)18-6-4-17(21)5-7-18/h2-9H,10-15H2,1H3. The van der Waals surface area contributed by atoms with Gasteiger partial charge in [-0.3, -0.25) is 4.90 Å². The lowest BCUT2D eigenvalue weighted by Crippen LogP contribution is -2.46. The van der Waals surface area contributed by atoms with Crippen LogP contribution in [0.2, 0.25) is 0 Å². The first-order chi connectivity index (χ1) is 14.4. The third kappa shape index (κ3) is 4.65. The van der Waals surface area contributed by atoms with Crippen LogP contribution in [0.5, 0.6) is 0 Å². The van der Waals surface area contributed by atoms with E-state index in [9.17, 15) is 12.8 Å². The number of hydrogen-bond acceptors (Lipinski definition) is 7. The van der Waals surface area contributed by atoms with Crippen molar-refractivity contribution in [3.8, 4) is 0 Å². The second-order valence-electron chi connectivity index (χ2n) is 7.39. The van der Waals surface area contributed by atoms with Gasteiger partial charge in [0.25, 0.3) is 0 Å². The fourth-order valence-electron chi connectivity index (χ4n) is 3.43. The van der Waals surface area contributed by atoms with Gasteiger partial charge in [-0.05, 0) is 53.7 Å². The van der Waals surface area contributed by atoms with Gasteiger partial charge in [-0.1, -0.05) is 17.7 Å². The fourth-order valence-corrected chi connectivity index (χ4v) is 4.66. The summed E-state index contributed by atoms with van der Waals surface area (Å²) in [5, 5.41) is 11.6. The van der Waals surface area contributed by atoms with Gasteiger partial charge < -0.3 is 4.90 Å². The fraction of sp³-hybridized carbons (Fsp3) is 0.350. The quantitative estimate of drug-likeness (QED) is 0.590. The van der Waals surface area contributed by atoms with E-state index >= 15 is 0 Å². The summed E-state index contributed by atoms with van der Waals surface area (Å²) in [6.45, 7) is 5.49. The number of tetrazole rings is 1. The molecule has 1 saturated heterocycles. The summed E-state index contributed by atoms with van der Waals surface area (Å²) in [5.74, 6) is -0.0285. The number of benzene rings is 2. The van der Waals surface area contributed by atoms with Crippen LogP contribution in [-0.2, 0) is 22.3 Å². The molecule has 0 atom stereocenters. The maximum atomic E-state index is 13.1. The average molecular weight is 431 g/mol. The van der Waals surface area contributed by atoms with Gasteiger partial charge in [0.15, 0.2) is 21.5 Å². The van der Waals surface area contributed by atoms with E-state index in [1.165, 1.54) is 16.8 Å². The molecular formula is C20H23FN6O2S. The molecule has 0 aliphatic carbocycles. The minimum absolute atomic E-state index is 0.246. The Morgan fingerprint density at radius 3 is 2.30 bits per heavy atom. The molecule has 2 heterocycles. The highest BCUT2D eigenvalue weighted by Crippen LogP contribution is 2.18. The summed E-state index contributed by atoms with van der Waals surface area (Å²) >= 11 is 0. The summed E-state index contributed by atoms with van der Waals surface area (Å²) in [5.41, 5.74) is 1.99. The van der Waals surface area contributed by atoms with Gasteiger partial charge in [0.2, 0.25) is 0 Å².